The predicted molar refractivity (Wildman–Crippen MR) is 128 cm³/mol. The summed E-state index contributed by atoms with van der Waals surface area (Å²) >= 11 is 8.24. The number of nitrogens with one attached hydrogen (secondary N) is 1. The number of hydrogen-bond acceptors (Lipinski definition) is 10. The van der Waals surface area contributed by atoms with Gasteiger partial charge < -0.3 is 26.1 Å². The highest BCUT2D eigenvalue weighted by Crippen LogP contribution is 2.40. The number of carboxylic acid groups (broad SMARTS) is 2. The van der Waals surface area contributed by atoms with Crippen LogP contribution in [0.3, 0.4) is 0 Å². The molecule has 4 heterocycles. The summed E-state index contributed by atoms with van der Waals surface area (Å²) in [5.74, 6) is -3.80. The minimum atomic E-state index is -1.33. The van der Waals surface area contributed by atoms with Gasteiger partial charge in [0.25, 0.3) is 11.8 Å². The fraction of sp³-hybridized carbons (Fsp3) is 0.250. The van der Waals surface area contributed by atoms with Crippen LogP contribution in [0.2, 0.25) is 4.34 Å². The van der Waals surface area contributed by atoms with Gasteiger partial charge in [0, 0.05) is 23.5 Å². The van der Waals surface area contributed by atoms with E-state index >= 15 is 0 Å². The molecule has 2 aliphatic heterocycles. The van der Waals surface area contributed by atoms with Crippen LogP contribution < -0.4 is 15.6 Å². The Morgan fingerprint density at radius 3 is 2.64 bits per heavy atom. The van der Waals surface area contributed by atoms with Crippen molar-refractivity contribution in [2.24, 2.45) is 5.16 Å². The summed E-state index contributed by atoms with van der Waals surface area (Å²) in [4.78, 5) is 58.5. The van der Waals surface area contributed by atoms with Crippen molar-refractivity contribution < 1.29 is 38.8 Å². The molecule has 2 atom stereocenters. The van der Waals surface area contributed by atoms with E-state index in [0.717, 1.165) is 16.2 Å². The average Bonchev–Trinajstić information content (AvgIpc) is 3.17. The zero-order valence-electron chi connectivity index (χ0n) is 18.2. The van der Waals surface area contributed by atoms with Gasteiger partial charge in [0.1, 0.15) is 27.1 Å². The Balaban J connectivity index is 1.54. The van der Waals surface area contributed by atoms with E-state index in [0.29, 0.717) is 11.3 Å². The third-order valence-electron chi connectivity index (χ3n) is 5.07. The number of nitrogen functional groups attached to an aromatic ring is 1. The summed E-state index contributed by atoms with van der Waals surface area (Å²) < 4.78 is 1.80. The SMILES string of the molecule is Nc1nc(C(=NOCC(=O)O)C(=O)NC2C(=O)N3C(C(=O)O)=C(C[n+]4ccccc4)CS[C@@H]23)c(Cl)s1. The van der Waals surface area contributed by atoms with Gasteiger partial charge >= 0.3 is 11.9 Å². The van der Waals surface area contributed by atoms with Crippen molar-refractivity contribution in [3.8, 4) is 0 Å². The van der Waals surface area contributed by atoms with Gasteiger partial charge in [-0.2, -0.15) is 0 Å². The molecule has 0 spiro atoms. The van der Waals surface area contributed by atoms with Crippen molar-refractivity contribution >= 4 is 69.3 Å². The molecule has 2 aliphatic rings. The highest BCUT2D eigenvalue weighted by Gasteiger charge is 2.54. The second-order valence-electron chi connectivity index (χ2n) is 7.45. The molecule has 1 saturated heterocycles. The maximum Gasteiger partial charge on any atom is 0.352 e. The number of β-lactam (4-membered cyclic amide) rings is 1. The Morgan fingerprint density at radius 2 is 2.03 bits per heavy atom. The van der Waals surface area contributed by atoms with E-state index in [1.165, 1.54) is 11.8 Å². The number of rotatable bonds is 9. The number of halogens is 1. The Morgan fingerprint density at radius 1 is 1.31 bits per heavy atom. The van der Waals surface area contributed by atoms with Crippen molar-refractivity contribution in [2.75, 3.05) is 18.1 Å². The van der Waals surface area contributed by atoms with Crippen LogP contribution in [0, 0.1) is 0 Å². The van der Waals surface area contributed by atoms with Crippen molar-refractivity contribution in [2.45, 2.75) is 18.0 Å². The van der Waals surface area contributed by atoms with Gasteiger partial charge in [0.15, 0.2) is 29.8 Å². The topological polar surface area (TPSA) is 188 Å². The van der Waals surface area contributed by atoms with Crippen molar-refractivity contribution in [1.29, 1.82) is 0 Å². The molecule has 0 saturated carbocycles. The number of fused-ring (bicyclic) bond motifs is 1. The number of carboxylic acids is 2. The van der Waals surface area contributed by atoms with Crippen LogP contribution in [0.1, 0.15) is 5.69 Å². The lowest BCUT2D eigenvalue weighted by atomic mass is 10.0. The lowest BCUT2D eigenvalue weighted by molar-refractivity contribution is -0.689. The molecule has 2 amide bonds. The molecule has 2 aromatic rings. The molecule has 4 rings (SSSR count). The van der Waals surface area contributed by atoms with Gasteiger partial charge in [-0.05, 0) is 0 Å². The van der Waals surface area contributed by atoms with Crippen LogP contribution in [0.25, 0.3) is 0 Å². The van der Waals surface area contributed by atoms with Crippen molar-refractivity contribution in [3.63, 3.8) is 0 Å². The number of thiazole rings is 1. The normalized spacial score (nSPS) is 19.4. The third-order valence-corrected chi connectivity index (χ3v) is 7.50. The van der Waals surface area contributed by atoms with Gasteiger partial charge in [0.2, 0.25) is 6.61 Å². The fourth-order valence-corrected chi connectivity index (χ4v) is 5.85. The minimum Gasteiger partial charge on any atom is -0.479 e. The fourth-order valence-electron chi connectivity index (χ4n) is 3.58. The van der Waals surface area contributed by atoms with E-state index in [2.05, 4.69) is 20.3 Å². The number of thioether (sulfide) groups is 1. The maximum absolute atomic E-state index is 13.0. The number of hydrogen-bond donors (Lipinski definition) is 4. The number of carbonyl (C=O) groups is 4. The van der Waals surface area contributed by atoms with Crippen molar-refractivity contribution in [1.82, 2.24) is 15.2 Å². The first-order chi connectivity index (χ1) is 17.2. The molecule has 0 radical (unpaired) electrons. The van der Waals surface area contributed by atoms with Gasteiger partial charge in [-0.3, -0.25) is 14.5 Å². The quantitative estimate of drug-likeness (QED) is 0.141. The third kappa shape index (κ3) is 5.12. The molecule has 188 valence electrons. The van der Waals surface area contributed by atoms with Crippen LogP contribution >= 0.6 is 34.7 Å². The summed E-state index contributed by atoms with van der Waals surface area (Å²) in [5, 5.41) is 24.0. The summed E-state index contributed by atoms with van der Waals surface area (Å²) in [5.41, 5.74) is 5.43. The summed E-state index contributed by atoms with van der Waals surface area (Å²) in [6.45, 7) is -0.554. The molecule has 5 N–H and O–H groups in total. The molecule has 0 aliphatic carbocycles. The first-order valence-electron chi connectivity index (χ1n) is 10.2. The standard InChI is InChI=1S/C20H17ClN6O7S2/c21-15-11(24-20(22)36-15)12(25-34-7-10(28)29)16(30)23-13-17(31)27-14(19(32)33)9(8-35-18(13)27)6-26-4-2-1-3-5-26/h1-5,13,18H,6-8H2,(H4-,22,23,24,28,29,30,32,33)/p+1/t13?,18-/m0/s1. The molecule has 1 unspecified atom stereocenters. The van der Waals surface area contributed by atoms with E-state index in [1.807, 2.05) is 18.2 Å². The smallest absolute Gasteiger partial charge is 0.352 e. The molecule has 13 nitrogen and oxygen atoms in total. The Kier molecular flexibility index (Phi) is 7.42. The monoisotopic (exact) mass is 553 g/mol. The van der Waals surface area contributed by atoms with Crippen LogP contribution in [-0.2, 0) is 30.6 Å². The Labute approximate surface area is 216 Å². The maximum atomic E-state index is 13.0. The lowest BCUT2D eigenvalue weighted by Gasteiger charge is -2.49. The Bertz CT molecular complexity index is 1300. The van der Waals surface area contributed by atoms with Crippen molar-refractivity contribution in [3.05, 3.63) is 51.9 Å². The number of pyridine rings is 1. The highest BCUT2D eigenvalue weighted by atomic mass is 35.5. The predicted octanol–water partition coefficient (Wildman–Crippen LogP) is -0.0897. The highest BCUT2D eigenvalue weighted by molar-refractivity contribution is 8.00. The van der Waals surface area contributed by atoms with E-state index in [-0.39, 0.29) is 27.4 Å². The number of oxime groups is 1. The lowest BCUT2D eigenvalue weighted by Crippen LogP contribution is -2.71. The number of carbonyl (C=O) groups excluding carboxylic acids is 2. The van der Waals surface area contributed by atoms with E-state index in [1.54, 1.807) is 17.0 Å². The average molecular weight is 554 g/mol. The van der Waals surface area contributed by atoms with Gasteiger partial charge in [0.05, 0.1) is 0 Å². The van der Waals surface area contributed by atoms with Gasteiger partial charge in [-0.15, -0.1) is 11.8 Å². The number of nitrogens with zero attached hydrogens (tertiary/aromatic N) is 4. The molecule has 1 fully saturated rings. The first kappa shape index (κ1) is 25.4. The molecule has 0 bridgehead atoms. The van der Waals surface area contributed by atoms with Gasteiger partial charge in [-0.25, -0.2) is 19.1 Å². The number of amides is 2. The van der Waals surface area contributed by atoms with Crippen LogP contribution in [0.4, 0.5) is 5.13 Å². The number of nitrogens with two attached hydrogens (primary N) is 1. The summed E-state index contributed by atoms with van der Waals surface area (Å²) in [6, 6.07) is 4.38. The van der Waals surface area contributed by atoms with Crippen LogP contribution in [-0.4, -0.2) is 73.3 Å². The zero-order valence-corrected chi connectivity index (χ0v) is 20.5. The number of anilines is 1. The molecule has 16 heteroatoms. The number of aromatic nitrogens is 2. The van der Waals surface area contributed by atoms with E-state index in [4.69, 9.17) is 22.4 Å². The largest absolute Gasteiger partial charge is 0.479 e. The first-order valence-corrected chi connectivity index (χ1v) is 12.4. The van der Waals surface area contributed by atoms with Gasteiger partial charge in [-0.1, -0.05) is 34.2 Å². The van der Waals surface area contributed by atoms with E-state index < -0.39 is 47.5 Å². The van der Waals surface area contributed by atoms with E-state index in [9.17, 15) is 24.3 Å². The number of aliphatic carboxylic acids is 2. The molecular weight excluding hydrogens is 536 g/mol. The Hall–Kier alpha value is -3.69. The molecular formula is C20H18ClN6O7S2+. The molecule has 36 heavy (non-hydrogen) atoms. The second kappa shape index (κ2) is 10.5. The van der Waals surface area contributed by atoms with Crippen LogP contribution in [0.5, 0.6) is 0 Å². The minimum absolute atomic E-state index is 0.00748. The summed E-state index contributed by atoms with van der Waals surface area (Å²) in [6.07, 6.45) is 3.57. The summed E-state index contributed by atoms with van der Waals surface area (Å²) in [7, 11) is 0. The molecule has 0 aromatic carbocycles. The van der Waals surface area contributed by atoms with Crippen LogP contribution in [0.15, 0.2) is 47.0 Å². The zero-order chi connectivity index (χ0) is 26.0. The molecule has 2 aromatic heterocycles. The second-order valence-corrected chi connectivity index (χ2v) is 10.2.